The molecule has 1 unspecified atom stereocenters. The highest BCUT2D eigenvalue weighted by atomic mass is 16.6. The molecule has 1 saturated heterocycles. The van der Waals surface area contributed by atoms with Gasteiger partial charge in [0.25, 0.3) is 0 Å². The number of aliphatic hydroxyl groups is 1. The second kappa shape index (κ2) is 7.81. The molecule has 1 aromatic rings. The molecule has 0 saturated carbocycles. The van der Waals surface area contributed by atoms with E-state index in [0.717, 1.165) is 38.8 Å². The largest absolute Gasteiger partial charge is 0.446 e. The van der Waals surface area contributed by atoms with Gasteiger partial charge >= 0.3 is 6.09 Å². The van der Waals surface area contributed by atoms with E-state index in [1.165, 1.54) is 6.26 Å². The van der Waals surface area contributed by atoms with Crippen molar-refractivity contribution in [2.75, 3.05) is 13.1 Å². The summed E-state index contributed by atoms with van der Waals surface area (Å²) in [7, 11) is 0. The number of likely N-dealkylation sites (tertiary alicyclic amines) is 1. The summed E-state index contributed by atoms with van der Waals surface area (Å²) in [5, 5.41) is 9.94. The van der Waals surface area contributed by atoms with Crippen LogP contribution in [0.4, 0.5) is 4.79 Å². The van der Waals surface area contributed by atoms with Gasteiger partial charge in [0.2, 0.25) is 5.89 Å². The lowest BCUT2D eigenvalue weighted by Gasteiger charge is -2.33. The van der Waals surface area contributed by atoms with Crippen LogP contribution in [0, 0.1) is 5.92 Å². The van der Waals surface area contributed by atoms with Gasteiger partial charge < -0.3 is 19.2 Å². The van der Waals surface area contributed by atoms with Crippen molar-refractivity contribution in [2.24, 2.45) is 5.92 Å². The third kappa shape index (κ3) is 5.86. The van der Waals surface area contributed by atoms with Gasteiger partial charge in [-0.25, -0.2) is 9.78 Å². The van der Waals surface area contributed by atoms with Gasteiger partial charge in [-0.15, -0.1) is 0 Å². The van der Waals surface area contributed by atoms with E-state index in [-0.39, 0.29) is 6.09 Å². The van der Waals surface area contributed by atoms with E-state index in [2.05, 4.69) is 4.98 Å². The number of amides is 1. The number of rotatable bonds is 5. The van der Waals surface area contributed by atoms with E-state index in [1.807, 2.05) is 20.8 Å². The summed E-state index contributed by atoms with van der Waals surface area (Å²) in [6.45, 7) is 7.16. The van der Waals surface area contributed by atoms with E-state index in [1.54, 1.807) is 11.1 Å². The van der Waals surface area contributed by atoms with E-state index in [4.69, 9.17) is 9.15 Å². The molecule has 6 nitrogen and oxygen atoms in total. The zero-order chi connectivity index (χ0) is 16.9. The van der Waals surface area contributed by atoms with Crippen LogP contribution < -0.4 is 0 Å². The Balaban J connectivity index is 1.64. The van der Waals surface area contributed by atoms with Gasteiger partial charge in [-0.1, -0.05) is 12.8 Å². The molecule has 2 heterocycles. The first kappa shape index (κ1) is 17.8. The molecule has 1 aromatic heterocycles. The lowest BCUT2D eigenvalue weighted by molar-refractivity contribution is 0.0179. The Labute approximate surface area is 137 Å². The van der Waals surface area contributed by atoms with Crippen LogP contribution in [0.15, 0.2) is 16.9 Å². The van der Waals surface area contributed by atoms with Gasteiger partial charge in [-0.05, 0) is 46.0 Å². The smallest absolute Gasteiger partial charge is 0.410 e. The minimum Gasteiger partial charge on any atom is -0.446 e. The number of nitrogens with zero attached hydrogens (tertiary/aromatic N) is 2. The normalized spacial score (nSPS) is 18.0. The third-order valence-corrected chi connectivity index (χ3v) is 4.09. The van der Waals surface area contributed by atoms with Crippen molar-refractivity contribution in [2.45, 2.75) is 64.6 Å². The molecule has 1 N–H and O–H groups in total. The molecule has 1 aliphatic rings. The quantitative estimate of drug-likeness (QED) is 0.896. The Kier molecular flexibility index (Phi) is 6.04. The van der Waals surface area contributed by atoms with Crippen molar-refractivity contribution in [3.63, 3.8) is 0 Å². The number of aliphatic hydroxyl groups excluding tert-OH is 1. The molecule has 1 amide bonds. The van der Waals surface area contributed by atoms with E-state index >= 15 is 0 Å². The van der Waals surface area contributed by atoms with Crippen LogP contribution in [-0.2, 0) is 4.74 Å². The second-order valence-corrected chi connectivity index (χ2v) is 7.23. The molecule has 0 aromatic carbocycles. The van der Waals surface area contributed by atoms with Crippen LogP contribution in [0.5, 0.6) is 0 Å². The molecule has 6 heteroatoms. The van der Waals surface area contributed by atoms with Crippen molar-refractivity contribution in [3.05, 3.63) is 18.4 Å². The molecule has 1 atom stereocenters. The van der Waals surface area contributed by atoms with Crippen molar-refractivity contribution in [1.29, 1.82) is 0 Å². The maximum atomic E-state index is 12.0. The molecule has 0 aliphatic carbocycles. The van der Waals surface area contributed by atoms with Gasteiger partial charge in [-0.3, -0.25) is 0 Å². The first-order valence-electron chi connectivity index (χ1n) is 8.40. The summed E-state index contributed by atoms with van der Waals surface area (Å²) in [5.41, 5.74) is -0.441. The predicted octanol–water partition coefficient (Wildman–Crippen LogP) is 3.53. The Morgan fingerprint density at radius 2 is 2.17 bits per heavy atom. The summed E-state index contributed by atoms with van der Waals surface area (Å²) in [6.07, 6.45) is 6.83. The fourth-order valence-corrected chi connectivity index (χ4v) is 2.85. The fourth-order valence-electron chi connectivity index (χ4n) is 2.85. The minimum atomic E-state index is -0.619. The Hall–Kier alpha value is -1.56. The van der Waals surface area contributed by atoms with Crippen molar-refractivity contribution in [3.8, 4) is 0 Å². The van der Waals surface area contributed by atoms with Gasteiger partial charge in [0, 0.05) is 13.1 Å². The lowest BCUT2D eigenvalue weighted by Crippen LogP contribution is -2.41. The molecule has 1 fully saturated rings. The second-order valence-electron chi connectivity index (χ2n) is 7.23. The Bertz CT molecular complexity index is 473. The maximum absolute atomic E-state index is 12.0. The molecule has 0 bridgehead atoms. The number of oxazole rings is 1. The highest BCUT2D eigenvalue weighted by Gasteiger charge is 2.26. The first-order valence-corrected chi connectivity index (χ1v) is 8.40. The zero-order valence-electron chi connectivity index (χ0n) is 14.3. The summed E-state index contributed by atoms with van der Waals surface area (Å²) >= 11 is 0. The number of ether oxygens (including phenoxy) is 1. The number of aromatic nitrogens is 1. The predicted molar refractivity (Wildman–Crippen MR) is 85.8 cm³/mol. The van der Waals surface area contributed by atoms with E-state index < -0.39 is 11.7 Å². The maximum Gasteiger partial charge on any atom is 0.410 e. The van der Waals surface area contributed by atoms with Gasteiger partial charge in [0.15, 0.2) is 0 Å². The third-order valence-electron chi connectivity index (χ3n) is 4.09. The topological polar surface area (TPSA) is 75.8 Å². The summed E-state index contributed by atoms with van der Waals surface area (Å²) in [5.74, 6) is 0.996. The summed E-state index contributed by atoms with van der Waals surface area (Å²) in [6, 6.07) is 0. The van der Waals surface area contributed by atoms with Crippen LogP contribution >= 0.6 is 0 Å². The molecule has 2 rings (SSSR count). The van der Waals surface area contributed by atoms with Crippen molar-refractivity contribution in [1.82, 2.24) is 9.88 Å². The summed E-state index contributed by atoms with van der Waals surface area (Å²) in [4.78, 5) is 17.8. The van der Waals surface area contributed by atoms with Crippen LogP contribution in [0.2, 0.25) is 0 Å². The number of carbonyl (C=O) groups excluding carboxylic acids is 1. The van der Waals surface area contributed by atoms with Crippen molar-refractivity contribution >= 4 is 6.09 Å². The molecule has 130 valence electrons. The lowest BCUT2D eigenvalue weighted by atomic mass is 9.91. The molecule has 0 spiro atoms. The van der Waals surface area contributed by atoms with Crippen molar-refractivity contribution < 1.29 is 19.1 Å². The number of hydrogen-bond donors (Lipinski definition) is 1. The number of carbonyl (C=O) groups is 1. The average Bonchev–Trinajstić information content (AvgIpc) is 3.00. The molecule has 1 aliphatic heterocycles. The van der Waals surface area contributed by atoms with E-state index in [9.17, 15) is 9.90 Å². The van der Waals surface area contributed by atoms with Gasteiger partial charge in [0.05, 0.1) is 6.20 Å². The van der Waals surface area contributed by atoms with Gasteiger partial charge in [-0.2, -0.15) is 0 Å². The first-order chi connectivity index (χ1) is 10.8. The number of piperidine rings is 1. The highest BCUT2D eigenvalue weighted by Crippen LogP contribution is 2.26. The zero-order valence-corrected chi connectivity index (χ0v) is 14.3. The molecule has 23 heavy (non-hydrogen) atoms. The standard InChI is InChI=1S/C17H28N2O4/c1-17(2,3)23-16(21)19-10-7-13(8-11-19)5-4-6-14(20)15-18-9-12-22-15/h9,12-14,20H,4-8,10-11H2,1-3H3. The Morgan fingerprint density at radius 3 is 2.74 bits per heavy atom. The molecular weight excluding hydrogens is 296 g/mol. The van der Waals surface area contributed by atoms with Crippen LogP contribution in [-0.4, -0.2) is 39.8 Å². The Morgan fingerprint density at radius 1 is 1.48 bits per heavy atom. The van der Waals surface area contributed by atoms with Gasteiger partial charge in [0.1, 0.15) is 18.0 Å². The molecular formula is C17H28N2O4. The average molecular weight is 324 g/mol. The number of hydrogen-bond acceptors (Lipinski definition) is 5. The van der Waals surface area contributed by atoms with Crippen LogP contribution in [0.3, 0.4) is 0 Å². The van der Waals surface area contributed by atoms with E-state index in [0.29, 0.717) is 18.2 Å². The van der Waals surface area contributed by atoms with Crippen LogP contribution in [0.25, 0.3) is 0 Å². The minimum absolute atomic E-state index is 0.213. The summed E-state index contributed by atoms with van der Waals surface area (Å²) < 4.78 is 10.5. The fraction of sp³-hybridized carbons (Fsp3) is 0.765. The molecule has 0 radical (unpaired) electrons. The highest BCUT2D eigenvalue weighted by molar-refractivity contribution is 5.68. The SMILES string of the molecule is CC(C)(C)OC(=O)N1CCC(CCCC(O)c2ncco2)CC1. The van der Waals surface area contributed by atoms with Crippen LogP contribution in [0.1, 0.15) is 64.9 Å². The monoisotopic (exact) mass is 324 g/mol.